The summed E-state index contributed by atoms with van der Waals surface area (Å²) in [6.07, 6.45) is 4.11. The van der Waals surface area contributed by atoms with Crippen molar-refractivity contribution in [1.82, 2.24) is 15.3 Å². The molecule has 0 unspecified atom stereocenters. The summed E-state index contributed by atoms with van der Waals surface area (Å²) in [5.74, 6) is 0.288. The minimum absolute atomic E-state index is 0.0878. The zero-order chi connectivity index (χ0) is 15.5. The van der Waals surface area contributed by atoms with Gasteiger partial charge in [-0.25, -0.2) is 4.98 Å². The van der Waals surface area contributed by atoms with Crippen molar-refractivity contribution in [2.75, 3.05) is 7.11 Å². The molecule has 6 nitrogen and oxygen atoms in total. The van der Waals surface area contributed by atoms with Crippen LogP contribution in [0.3, 0.4) is 0 Å². The van der Waals surface area contributed by atoms with Crippen molar-refractivity contribution in [2.45, 2.75) is 25.3 Å². The van der Waals surface area contributed by atoms with Crippen molar-refractivity contribution in [1.29, 1.82) is 0 Å². The molecule has 22 heavy (non-hydrogen) atoms. The third-order valence-electron chi connectivity index (χ3n) is 3.84. The van der Waals surface area contributed by atoms with Crippen LogP contribution in [-0.2, 0) is 6.42 Å². The third kappa shape index (κ3) is 2.86. The maximum Gasteiger partial charge on any atom is 0.253 e. The van der Waals surface area contributed by atoms with Crippen LogP contribution in [0.5, 0.6) is 5.88 Å². The summed E-state index contributed by atoms with van der Waals surface area (Å²) >= 11 is 0. The molecule has 0 spiro atoms. The summed E-state index contributed by atoms with van der Waals surface area (Å²) < 4.78 is 4.98. The molecule has 2 heterocycles. The Morgan fingerprint density at radius 2 is 2.23 bits per heavy atom. The lowest BCUT2D eigenvalue weighted by Gasteiger charge is -2.25. The zero-order valence-corrected chi connectivity index (χ0v) is 12.3. The summed E-state index contributed by atoms with van der Waals surface area (Å²) in [6, 6.07) is 6.54. The predicted octanol–water partition coefficient (Wildman–Crippen LogP) is 1.59. The first-order valence-electron chi connectivity index (χ1n) is 7.20. The molecule has 0 bridgehead atoms. The van der Waals surface area contributed by atoms with Crippen LogP contribution in [0, 0.1) is 0 Å². The summed E-state index contributed by atoms with van der Waals surface area (Å²) in [4.78, 5) is 30.6. The second kappa shape index (κ2) is 6.01. The van der Waals surface area contributed by atoms with Crippen molar-refractivity contribution in [3.8, 4) is 5.88 Å². The Bertz CT molecular complexity index is 737. The van der Waals surface area contributed by atoms with E-state index in [1.54, 1.807) is 18.2 Å². The Hall–Kier alpha value is -2.63. The predicted molar refractivity (Wildman–Crippen MR) is 81.0 cm³/mol. The highest BCUT2D eigenvalue weighted by Crippen LogP contribution is 2.27. The molecule has 1 aliphatic carbocycles. The van der Waals surface area contributed by atoms with Gasteiger partial charge in [0.25, 0.3) is 5.91 Å². The van der Waals surface area contributed by atoms with Gasteiger partial charge in [-0.15, -0.1) is 0 Å². The monoisotopic (exact) mass is 299 g/mol. The van der Waals surface area contributed by atoms with Gasteiger partial charge < -0.3 is 15.0 Å². The van der Waals surface area contributed by atoms with Crippen LogP contribution >= 0.6 is 0 Å². The molecular formula is C16H17N3O3. The topological polar surface area (TPSA) is 84.1 Å². The van der Waals surface area contributed by atoms with Gasteiger partial charge >= 0.3 is 0 Å². The highest BCUT2D eigenvalue weighted by atomic mass is 16.5. The lowest BCUT2D eigenvalue weighted by Crippen LogP contribution is -2.32. The number of H-pyrrole nitrogens is 1. The number of fused-ring (bicyclic) bond motifs is 1. The number of carbonyl (C=O) groups is 1. The first-order chi connectivity index (χ1) is 10.7. The van der Waals surface area contributed by atoms with Gasteiger partial charge in [-0.05, 0) is 37.0 Å². The van der Waals surface area contributed by atoms with Gasteiger partial charge in [-0.1, -0.05) is 0 Å². The van der Waals surface area contributed by atoms with Crippen LogP contribution in [0.2, 0.25) is 0 Å². The number of aromatic amines is 1. The number of rotatable bonds is 3. The van der Waals surface area contributed by atoms with Gasteiger partial charge in [-0.3, -0.25) is 9.59 Å². The van der Waals surface area contributed by atoms with Crippen molar-refractivity contribution in [3.63, 3.8) is 0 Å². The SMILES string of the molecule is COc1ccc(C(=O)N[C@@H]2CCCc3[nH]c(=O)ccc32)cn1. The molecule has 0 aromatic carbocycles. The van der Waals surface area contributed by atoms with E-state index in [0.717, 1.165) is 30.5 Å². The number of hydrogen-bond donors (Lipinski definition) is 2. The molecule has 2 aromatic heterocycles. The molecule has 0 saturated heterocycles. The lowest BCUT2D eigenvalue weighted by molar-refractivity contribution is 0.0932. The van der Waals surface area contributed by atoms with Gasteiger partial charge in [0.1, 0.15) is 0 Å². The summed E-state index contributed by atoms with van der Waals surface area (Å²) in [6.45, 7) is 0. The molecule has 0 radical (unpaired) electrons. The number of hydrogen-bond acceptors (Lipinski definition) is 4. The van der Waals surface area contributed by atoms with E-state index in [9.17, 15) is 9.59 Å². The molecule has 1 atom stereocenters. The number of amides is 1. The van der Waals surface area contributed by atoms with E-state index in [0.29, 0.717) is 11.4 Å². The smallest absolute Gasteiger partial charge is 0.253 e. The van der Waals surface area contributed by atoms with Crippen LogP contribution in [0.1, 0.15) is 40.5 Å². The van der Waals surface area contributed by atoms with Crippen LogP contribution in [0.25, 0.3) is 0 Å². The van der Waals surface area contributed by atoms with Crippen LogP contribution < -0.4 is 15.6 Å². The summed E-state index contributed by atoms with van der Waals surface area (Å²) in [7, 11) is 1.53. The van der Waals surface area contributed by atoms with Gasteiger partial charge in [-0.2, -0.15) is 0 Å². The number of carbonyl (C=O) groups excluding carboxylic acids is 1. The molecule has 1 amide bonds. The van der Waals surface area contributed by atoms with E-state index in [2.05, 4.69) is 15.3 Å². The maximum absolute atomic E-state index is 12.3. The Morgan fingerprint density at radius 1 is 1.36 bits per heavy atom. The number of aryl methyl sites for hydroxylation is 1. The number of methoxy groups -OCH3 is 1. The Labute approximate surface area is 127 Å². The average molecular weight is 299 g/mol. The Morgan fingerprint density at radius 3 is 2.95 bits per heavy atom. The van der Waals surface area contributed by atoms with Crippen molar-refractivity contribution >= 4 is 5.91 Å². The van der Waals surface area contributed by atoms with Gasteiger partial charge in [0, 0.05) is 24.0 Å². The maximum atomic E-state index is 12.3. The van der Waals surface area contributed by atoms with Crippen molar-refractivity contribution < 1.29 is 9.53 Å². The van der Waals surface area contributed by atoms with E-state index in [4.69, 9.17) is 4.74 Å². The fourth-order valence-corrected chi connectivity index (χ4v) is 2.73. The summed E-state index contributed by atoms with van der Waals surface area (Å²) in [5, 5.41) is 3.01. The molecule has 0 aliphatic heterocycles. The standard InChI is InChI=1S/C16H17N3O3/c1-22-15-8-5-10(9-17-15)16(21)19-13-4-2-3-12-11(13)6-7-14(20)18-12/h5-9,13H,2-4H2,1H3,(H,18,20)(H,19,21)/t13-/m1/s1. The normalized spacial score (nSPS) is 16.7. The van der Waals surface area contributed by atoms with Gasteiger partial charge in [0.15, 0.2) is 0 Å². The Kier molecular flexibility index (Phi) is 3.91. The van der Waals surface area contributed by atoms with Crippen LogP contribution in [-0.4, -0.2) is 23.0 Å². The summed E-state index contributed by atoms with van der Waals surface area (Å²) in [5.41, 5.74) is 2.28. The molecule has 114 valence electrons. The molecule has 3 rings (SSSR count). The van der Waals surface area contributed by atoms with E-state index in [-0.39, 0.29) is 17.5 Å². The highest BCUT2D eigenvalue weighted by Gasteiger charge is 2.22. The minimum atomic E-state index is -0.181. The number of pyridine rings is 2. The second-order valence-corrected chi connectivity index (χ2v) is 5.26. The fraction of sp³-hybridized carbons (Fsp3) is 0.312. The van der Waals surface area contributed by atoms with Crippen molar-refractivity contribution in [3.05, 3.63) is 57.6 Å². The first-order valence-corrected chi connectivity index (χ1v) is 7.20. The zero-order valence-electron chi connectivity index (χ0n) is 12.3. The van der Waals surface area contributed by atoms with E-state index in [1.165, 1.54) is 19.4 Å². The number of nitrogens with one attached hydrogen (secondary N) is 2. The van der Waals surface area contributed by atoms with Gasteiger partial charge in [0.05, 0.1) is 18.7 Å². The van der Waals surface area contributed by atoms with E-state index < -0.39 is 0 Å². The van der Waals surface area contributed by atoms with E-state index in [1.807, 2.05) is 0 Å². The quantitative estimate of drug-likeness (QED) is 0.901. The molecule has 2 aromatic rings. The average Bonchev–Trinajstić information content (AvgIpc) is 2.55. The minimum Gasteiger partial charge on any atom is -0.481 e. The van der Waals surface area contributed by atoms with Crippen LogP contribution in [0.15, 0.2) is 35.3 Å². The lowest BCUT2D eigenvalue weighted by atomic mass is 9.91. The Balaban J connectivity index is 1.78. The largest absolute Gasteiger partial charge is 0.481 e. The number of aromatic nitrogens is 2. The number of nitrogens with zero attached hydrogens (tertiary/aromatic N) is 1. The molecule has 0 fully saturated rings. The van der Waals surface area contributed by atoms with Crippen LogP contribution in [0.4, 0.5) is 0 Å². The first kappa shape index (κ1) is 14.3. The molecular weight excluding hydrogens is 282 g/mol. The molecule has 6 heteroatoms. The molecule has 0 saturated carbocycles. The fourth-order valence-electron chi connectivity index (χ4n) is 2.73. The molecule has 1 aliphatic rings. The second-order valence-electron chi connectivity index (χ2n) is 5.26. The number of ether oxygens (including phenoxy) is 1. The molecule has 2 N–H and O–H groups in total. The van der Waals surface area contributed by atoms with Crippen molar-refractivity contribution in [2.24, 2.45) is 0 Å². The highest BCUT2D eigenvalue weighted by molar-refractivity contribution is 5.94. The van der Waals surface area contributed by atoms with Gasteiger partial charge in [0.2, 0.25) is 11.4 Å². The third-order valence-corrected chi connectivity index (χ3v) is 3.84. The van der Waals surface area contributed by atoms with E-state index >= 15 is 0 Å².